The lowest BCUT2D eigenvalue weighted by Crippen LogP contribution is -2.02. The molecule has 1 aromatic heterocycles. The molecule has 0 atom stereocenters. The molecule has 0 radical (unpaired) electrons. The number of anilines is 1. The van der Waals surface area contributed by atoms with E-state index in [1.54, 1.807) is 0 Å². The lowest BCUT2D eigenvalue weighted by Gasteiger charge is -2.11. The Morgan fingerprint density at radius 1 is 1.26 bits per heavy atom. The van der Waals surface area contributed by atoms with Gasteiger partial charge in [0.05, 0.1) is 16.7 Å². The smallest absolute Gasteiger partial charge is 0.205 e. The maximum atomic E-state index is 6.07. The first-order valence-electron chi connectivity index (χ1n) is 5.77. The second kappa shape index (κ2) is 4.54. The van der Waals surface area contributed by atoms with E-state index < -0.39 is 0 Å². The lowest BCUT2D eigenvalue weighted by atomic mass is 10.2. The molecule has 0 bridgehead atoms. The van der Waals surface area contributed by atoms with Gasteiger partial charge in [0.15, 0.2) is 0 Å². The van der Waals surface area contributed by atoms with E-state index in [4.69, 9.17) is 17.3 Å². The van der Waals surface area contributed by atoms with E-state index in [0.29, 0.717) is 11.0 Å². The fourth-order valence-corrected chi connectivity index (χ4v) is 2.68. The van der Waals surface area contributed by atoms with Crippen molar-refractivity contribution >= 4 is 44.5 Å². The van der Waals surface area contributed by atoms with Gasteiger partial charge in [-0.1, -0.05) is 33.6 Å². The predicted octanol–water partition coefficient (Wildman–Crippen LogP) is 4.33. The molecule has 0 aliphatic heterocycles. The second-order valence-electron chi connectivity index (χ2n) is 4.32. The fraction of sp³-hybridized carbons (Fsp3) is 0.0714. The molecule has 19 heavy (non-hydrogen) atoms. The van der Waals surface area contributed by atoms with Crippen molar-refractivity contribution in [2.75, 3.05) is 5.73 Å². The molecule has 0 aliphatic carbocycles. The molecule has 96 valence electrons. The summed E-state index contributed by atoms with van der Waals surface area (Å²) < 4.78 is 2.95. The third-order valence-electron chi connectivity index (χ3n) is 3.12. The van der Waals surface area contributed by atoms with Crippen LogP contribution in [-0.4, -0.2) is 9.55 Å². The zero-order valence-electron chi connectivity index (χ0n) is 10.2. The van der Waals surface area contributed by atoms with Crippen molar-refractivity contribution in [1.29, 1.82) is 0 Å². The van der Waals surface area contributed by atoms with Crippen molar-refractivity contribution in [3.05, 3.63) is 51.5 Å². The average Bonchev–Trinajstić information content (AvgIpc) is 2.69. The molecule has 0 saturated heterocycles. The molecule has 1 heterocycles. The Labute approximate surface area is 124 Å². The van der Waals surface area contributed by atoms with Crippen molar-refractivity contribution in [2.24, 2.45) is 0 Å². The van der Waals surface area contributed by atoms with E-state index in [0.717, 1.165) is 26.8 Å². The first kappa shape index (κ1) is 12.5. The van der Waals surface area contributed by atoms with Crippen molar-refractivity contribution in [2.45, 2.75) is 6.92 Å². The fourth-order valence-electron chi connectivity index (χ4n) is 2.16. The van der Waals surface area contributed by atoms with Crippen LogP contribution in [0.2, 0.25) is 5.02 Å². The van der Waals surface area contributed by atoms with E-state index >= 15 is 0 Å². The molecule has 2 aromatic carbocycles. The number of aromatic nitrogens is 2. The van der Waals surface area contributed by atoms with Gasteiger partial charge in [0.25, 0.3) is 0 Å². The molecule has 0 aliphatic rings. The Morgan fingerprint density at radius 3 is 2.84 bits per heavy atom. The van der Waals surface area contributed by atoms with Crippen LogP contribution in [0.1, 0.15) is 5.56 Å². The van der Waals surface area contributed by atoms with Crippen molar-refractivity contribution in [3.63, 3.8) is 0 Å². The molecule has 0 saturated carbocycles. The quantitative estimate of drug-likeness (QED) is 0.718. The van der Waals surface area contributed by atoms with Crippen molar-refractivity contribution in [1.82, 2.24) is 9.55 Å². The van der Waals surface area contributed by atoms with E-state index in [1.165, 1.54) is 0 Å². The standard InChI is InChI=1S/C14H11BrClN3/c1-8-10(15)3-2-4-12(8)19-13-7-9(16)5-6-11(13)18-14(19)17/h2-7H,1H3,(H2,17,18). The van der Waals surface area contributed by atoms with Crippen LogP contribution in [0.4, 0.5) is 5.95 Å². The molecule has 0 fully saturated rings. The van der Waals surface area contributed by atoms with Gasteiger partial charge in [0.2, 0.25) is 5.95 Å². The summed E-state index contributed by atoms with van der Waals surface area (Å²) >= 11 is 9.60. The summed E-state index contributed by atoms with van der Waals surface area (Å²) in [5.41, 5.74) is 9.89. The van der Waals surface area contributed by atoms with Crippen LogP contribution in [0.15, 0.2) is 40.9 Å². The van der Waals surface area contributed by atoms with Crippen LogP contribution in [0.3, 0.4) is 0 Å². The van der Waals surface area contributed by atoms with Crippen LogP contribution in [-0.2, 0) is 0 Å². The maximum Gasteiger partial charge on any atom is 0.205 e. The Kier molecular flexibility index (Phi) is 2.99. The molecule has 3 rings (SSSR count). The largest absolute Gasteiger partial charge is 0.369 e. The molecule has 0 unspecified atom stereocenters. The minimum atomic E-state index is 0.457. The van der Waals surface area contributed by atoms with Gasteiger partial charge in [-0.3, -0.25) is 4.57 Å². The first-order chi connectivity index (χ1) is 9.08. The Morgan fingerprint density at radius 2 is 2.05 bits per heavy atom. The Bertz CT molecular complexity index is 780. The summed E-state index contributed by atoms with van der Waals surface area (Å²) in [7, 11) is 0. The SMILES string of the molecule is Cc1c(Br)cccc1-n1c(N)nc2ccc(Cl)cc21. The summed E-state index contributed by atoms with van der Waals surface area (Å²) in [5, 5.41) is 0.668. The van der Waals surface area contributed by atoms with Crippen molar-refractivity contribution < 1.29 is 0 Å². The highest BCUT2D eigenvalue weighted by Crippen LogP contribution is 2.29. The number of hydrogen-bond donors (Lipinski definition) is 1. The number of imidazole rings is 1. The summed E-state index contributed by atoms with van der Waals surface area (Å²) in [6, 6.07) is 11.6. The average molecular weight is 337 g/mol. The highest BCUT2D eigenvalue weighted by molar-refractivity contribution is 9.10. The lowest BCUT2D eigenvalue weighted by molar-refractivity contribution is 1.09. The number of nitrogen functional groups attached to an aromatic ring is 1. The highest BCUT2D eigenvalue weighted by atomic mass is 79.9. The number of nitrogens with zero attached hydrogens (tertiary/aromatic N) is 2. The summed E-state index contributed by atoms with van der Waals surface area (Å²) in [6.45, 7) is 2.04. The van der Waals surface area contributed by atoms with E-state index in [-0.39, 0.29) is 0 Å². The van der Waals surface area contributed by atoms with Gasteiger partial charge < -0.3 is 5.73 Å². The topological polar surface area (TPSA) is 43.8 Å². The Balaban J connectivity index is 2.39. The minimum Gasteiger partial charge on any atom is -0.369 e. The molecule has 3 aromatic rings. The third kappa shape index (κ3) is 2.01. The van der Waals surface area contributed by atoms with E-state index in [2.05, 4.69) is 20.9 Å². The number of nitrogens with two attached hydrogens (primary N) is 1. The number of benzene rings is 2. The summed E-state index contributed by atoms with van der Waals surface area (Å²) in [4.78, 5) is 4.37. The van der Waals surface area contributed by atoms with Gasteiger partial charge in [-0.2, -0.15) is 0 Å². The zero-order chi connectivity index (χ0) is 13.6. The normalized spacial score (nSPS) is 11.1. The number of hydrogen-bond acceptors (Lipinski definition) is 2. The van der Waals surface area contributed by atoms with E-state index in [9.17, 15) is 0 Å². The van der Waals surface area contributed by atoms with Crippen LogP contribution in [0.5, 0.6) is 0 Å². The van der Waals surface area contributed by atoms with Gasteiger partial charge in [0, 0.05) is 9.50 Å². The van der Waals surface area contributed by atoms with Gasteiger partial charge >= 0.3 is 0 Å². The molecular weight excluding hydrogens is 326 g/mol. The maximum absolute atomic E-state index is 6.07. The second-order valence-corrected chi connectivity index (χ2v) is 5.61. The van der Waals surface area contributed by atoms with Gasteiger partial charge in [-0.25, -0.2) is 4.98 Å². The molecular formula is C14H11BrClN3. The Hall–Kier alpha value is -1.52. The molecule has 2 N–H and O–H groups in total. The van der Waals surface area contributed by atoms with Crippen LogP contribution >= 0.6 is 27.5 Å². The van der Waals surface area contributed by atoms with Gasteiger partial charge in [-0.15, -0.1) is 0 Å². The van der Waals surface area contributed by atoms with Crippen molar-refractivity contribution in [3.8, 4) is 5.69 Å². The zero-order valence-corrected chi connectivity index (χ0v) is 12.5. The molecule has 0 spiro atoms. The van der Waals surface area contributed by atoms with Crippen LogP contribution in [0.25, 0.3) is 16.7 Å². The minimum absolute atomic E-state index is 0.457. The summed E-state index contributed by atoms with van der Waals surface area (Å²) in [6.07, 6.45) is 0. The number of halogens is 2. The monoisotopic (exact) mass is 335 g/mol. The van der Waals surface area contributed by atoms with Gasteiger partial charge in [-0.05, 0) is 42.8 Å². The number of fused-ring (bicyclic) bond motifs is 1. The predicted molar refractivity (Wildman–Crippen MR) is 82.9 cm³/mol. The summed E-state index contributed by atoms with van der Waals surface area (Å²) in [5.74, 6) is 0.457. The third-order valence-corrected chi connectivity index (χ3v) is 4.22. The van der Waals surface area contributed by atoms with E-state index in [1.807, 2.05) is 47.9 Å². The van der Waals surface area contributed by atoms with Crippen LogP contribution in [0, 0.1) is 6.92 Å². The number of rotatable bonds is 1. The molecule has 0 amide bonds. The molecule has 5 heteroatoms. The van der Waals surface area contributed by atoms with Gasteiger partial charge in [0.1, 0.15) is 0 Å². The highest BCUT2D eigenvalue weighted by Gasteiger charge is 2.13. The van der Waals surface area contributed by atoms with Crippen LogP contribution < -0.4 is 5.73 Å². The molecule has 3 nitrogen and oxygen atoms in total. The first-order valence-corrected chi connectivity index (χ1v) is 6.94.